The van der Waals surface area contributed by atoms with Crippen LogP contribution in [0.25, 0.3) is 0 Å². The van der Waals surface area contributed by atoms with E-state index < -0.39 is 0 Å². The van der Waals surface area contributed by atoms with Crippen LogP contribution in [0.4, 0.5) is 0 Å². The highest BCUT2D eigenvalue weighted by Gasteiger charge is 2.31. The van der Waals surface area contributed by atoms with Crippen molar-refractivity contribution in [2.75, 3.05) is 6.54 Å². The van der Waals surface area contributed by atoms with Crippen LogP contribution in [0.1, 0.15) is 51.5 Å². The molecule has 1 aliphatic rings. The Balaban J connectivity index is 2.27. The van der Waals surface area contributed by atoms with Crippen LogP contribution in [0.2, 0.25) is 0 Å². The summed E-state index contributed by atoms with van der Waals surface area (Å²) in [5, 5.41) is 4.24. The monoisotopic (exact) mass is 280 g/mol. The molecule has 0 amide bonds. The first-order valence-electron chi connectivity index (χ1n) is 7.19. The van der Waals surface area contributed by atoms with Crippen LogP contribution in [0, 0.1) is 0 Å². The normalized spacial score (nSPS) is 18.6. The van der Waals surface area contributed by atoms with E-state index in [1.165, 1.54) is 11.4 Å². The van der Waals surface area contributed by atoms with E-state index >= 15 is 0 Å². The van der Waals surface area contributed by atoms with Crippen LogP contribution >= 0.6 is 12.2 Å². The van der Waals surface area contributed by atoms with Gasteiger partial charge in [0.15, 0.2) is 5.11 Å². The standard InChI is InChI=1S/C14H24N4S/c1-5-12-13-11(15-9-17(13)6-2)7-8-18(12)14(19)16-10(3)4/h9-10,12H,5-8H2,1-4H3,(H,16,19). The zero-order valence-corrected chi connectivity index (χ0v) is 13.1. The van der Waals surface area contributed by atoms with Gasteiger partial charge in [-0.2, -0.15) is 0 Å². The molecule has 1 atom stereocenters. The molecule has 0 fully saturated rings. The Hall–Kier alpha value is -1.10. The lowest BCUT2D eigenvalue weighted by molar-refractivity contribution is 0.272. The Morgan fingerprint density at radius 2 is 2.26 bits per heavy atom. The van der Waals surface area contributed by atoms with Crippen molar-refractivity contribution < 1.29 is 0 Å². The minimum absolute atomic E-state index is 0.352. The highest BCUT2D eigenvalue weighted by molar-refractivity contribution is 7.80. The molecule has 0 saturated carbocycles. The molecule has 0 aromatic carbocycles. The summed E-state index contributed by atoms with van der Waals surface area (Å²) in [7, 11) is 0. The first-order chi connectivity index (χ1) is 9.08. The van der Waals surface area contributed by atoms with Gasteiger partial charge in [0.1, 0.15) is 0 Å². The molecular formula is C14H24N4S. The smallest absolute Gasteiger partial charge is 0.169 e. The Kier molecular flexibility index (Phi) is 4.45. The lowest BCUT2D eigenvalue weighted by Crippen LogP contribution is -2.47. The van der Waals surface area contributed by atoms with Gasteiger partial charge in [0.05, 0.1) is 23.8 Å². The fourth-order valence-electron chi connectivity index (χ4n) is 2.78. The maximum absolute atomic E-state index is 5.56. The van der Waals surface area contributed by atoms with Crippen LogP contribution in [-0.4, -0.2) is 32.2 Å². The van der Waals surface area contributed by atoms with E-state index in [-0.39, 0.29) is 0 Å². The van der Waals surface area contributed by atoms with Crippen LogP contribution in [0.5, 0.6) is 0 Å². The lowest BCUT2D eigenvalue weighted by atomic mass is 10.0. The second-order valence-corrected chi connectivity index (χ2v) is 5.72. The molecule has 1 aliphatic heterocycles. The minimum Gasteiger partial charge on any atom is -0.360 e. The summed E-state index contributed by atoms with van der Waals surface area (Å²) in [5.74, 6) is 0. The van der Waals surface area contributed by atoms with Crippen molar-refractivity contribution in [2.24, 2.45) is 0 Å². The molecule has 19 heavy (non-hydrogen) atoms. The van der Waals surface area contributed by atoms with Gasteiger partial charge in [-0.05, 0) is 39.4 Å². The van der Waals surface area contributed by atoms with Gasteiger partial charge in [-0.25, -0.2) is 4.98 Å². The molecular weight excluding hydrogens is 256 g/mol. The summed E-state index contributed by atoms with van der Waals surface area (Å²) < 4.78 is 2.26. The molecule has 1 aromatic rings. The number of hydrogen-bond donors (Lipinski definition) is 1. The molecule has 0 saturated heterocycles. The fourth-order valence-corrected chi connectivity index (χ4v) is 3.23. The zero-order chi connectivity index (χ0) is 14.0. The highest BCUT2D eigenvalue weighted by Crippen LogP contribution is 2.31. The Labute approximate surface area is 121 Å². The quantitative estimate of drug-likeness (QED) is 0.863. The van der Waals surface area contributed by atoms with Gasteiger partial charge in [-0.15, -0.1) is 0 Å². The number of nitrogens with zero attached hydrogens (tertiary/aromatic N) is 3. The predicted octanol–water partition coefficient (Wildman–Crippen LogP) is 2.50. The van der Waals surface area contributed by atoms with Gasteiger partial charge in [-0.1, -0.05) is 6.92 Å². The average molecular weight is 280 g/mol. The Morgan fingerprint density at radius 1 is 1.53 bits per heavy atom. The van der Waals surface area contributed by atoms with E-state index in [0.29, 0.717) is 12.1 Å². The van der Waals surface area contributed by atoms with E-state index in [4.69, 9.17) is 12.2 Å². The minimum atomic E-state index is 0.352. The number of thiocarbonyl (C=S) groups is 1. The summed E-state index contributed by atoms with van der Waals surface area (Å²) in [4.78, 5) is 6.88. The van der Waals surface area contributed by atoms with Crippen molar-refractivity contribution >= 4 is 17.3 Å². The average Bonchev–Trinajstić information content (AvgIpc) is 2.79. The largest absolute Gasteiger partial charge is 0.360 e. The number of imidazole rings is 1. The van der Waals surface area contributed by atoms with E-state index in [1.807, 2.05) is 6.33 Å². The maximum Gasteiger partial charge on any atom is 0.169 e. The molecule has 1 N–H and O–H groups in total. The van der Waals surface area contributed by atoms with Crippen LogP contribution < -0.4 is 5.32 Å². The van der Waals surface area contributed by atoms with E-state index in [0.717, 1.165) is 31.0 Å². The van der Waals surface area contributed by atoms with E-state index in [1.54, 1.807) is 0 Å². The molecule has 5 heteroatoms. The first-order valence-corrected chi connectivity index (χ1v) is 7.60. The molecule has 0 radical (unpaired) electrons. The maximum atomic E-state index is 5.56. The molecule has 1 unspecified atom stereocenters. The first kappa shape index (κ1) is 14.3. The summed E-state index contributed by atoms with van der Waals surface area (Å²) in [6, 6.07) is 0.729. The van der Waals surface area contributed by atoms with Crippen LogP contribution in [0.3, 0.4) is 0 Å². The molecule has 0 aliphatic carbocycles. The second-order valence-electron chi connectivity index (χ2n) is 5.33. The highest BCUT2D eigenvalue weighted by atomic mass is 32.1. The van der Waals surface area contributed by atoms with Gasteiger partial charge >= 0.3 is 0 Å². The van der Waals surface area contributed by atoms with Crippen molar-refractivity contribution in [1.29, 1.82) is 0 Å². The van der Waals surface area contributed by atoms with Gasteiger partial charge < -0.3 is 14.8 Å². The summed E-state index contributed by atoms with van der Waals surface area (Å²) in [5.41, 5.74) is 2.60. The van der Waals surface area contributed by atoms with Crippen LogP contribution in [-0.2, 0) is 13.0 Å². The van der Waals surface area contributed by atoms with Crippen molar-refractivity contribution in [3.05, 3.63) is 17.7 Å². The summed E-state index contributed by atoms with van der Waals surface area (Å²) >= 11 is 5.56. The molecule has 2 heterocycles. The number of aryl methyl sites for hydroxylation is 1. The van der Waals surface area contributed by atoms with Crippen molar-refractivity contribution in [3.8, 4) is 0 Å². The fraction of sp³-hybridized carbons (Fsp3) is 0.714. The number of nitrogens with one attached hydrogen (secondary N) is 1. The third-order valence-electron chi connectivity index (χ3n) is 3.64. The number of aromatic nitrogens is 2. The van der Waals surface area contributed by atoms with Gasteiger partial charge in [0, 0.05) is 25.6 Å². The molecule has 106 valence electrons. The number of rotatable bonds is 3. The molecule has 4 nitrogen and oxygen atoms in total. The van der Waals surface area contributed by atoms with Crippen LogP contribution in [0.15, 0.2) is 6.33 Å². The van der Waals surface area contributed by atoms with Gasteiger partial charge in [0.25, 0.3) is 0 Å². The van der Waals surface area contributed by atoms with E-state index in [2.05, 4.69) is 47.5 Å². The number of fused-ring (bicyclic) bond motifs is 1. The number of hydrogen-bond acceptors (Lipinski definition) is 2. The molecule has 0 spiro atoms. The van der Waals surface area contributed by atoms with Crippen molar-refractivity contribution in [3.63, 3.8) is 0 Å². The SMILES string of the molecule is CCC1c2c(ncn2CC)CCN1C(=S)NC(C)C. The van der Waals surface area contributed by atoms with Gasteiger partial charge in [0.2, 0.25) is 0 Å². The zero-order valence-electron chi connectivity index (χ0n) is 12.3. The molecule has 0 bridgehead atoms. The Bertz CT molecular complexity index is 439. The second kappa shape index (κ2) is 5.90. The van der Waals surface area contributed by atoms with Crippen molar-refractivity contribution in [2.45, 2.75) is 59.2 Å². The van der Waals surface area contributed by atoms with Crippen molar-refractivity contribution in [1.82, 2.24) is 19.8 Å². The summed E-state index contributed by atoms with van der Waals surface area (Å²) in [6.07, 6.45) is 4.01. The lowest BCUT2D eigenvalue weighted by Gasteiger charge is -2.38. The molecule has 1 aromatic heterocycles. The predicted molar refractivity (Wildman–Crippen MR) is 82.2 cm³/mol. The topological polar surface area (TPSA) is 33.1 Å². The third kappa shape index (κ3) is 2.76. The third-order valence-corrected chi connectivity index (χ3v) is 3.99. The summed E-state index contributed by atoms with van der Waals surface area (Å²) in [6.45, 7) is 10.6. The Morgan fingerprint density at radius 3 is 2.84 bits per heavy atom. The van der Waals surface area contributed by atoms with Gasteiger partial charge in [-0.3, -0.25) is 0 Å². The van der Waals surface area contributed by atoms with E-state index in [9.17, 15) is 0 Å². The molecule has 2 rings (SSSR count).